The van der Waals surface area contributed by atoms with E-state index in [-0.39, 0.29) is 11.3 Å². The molecule has 0 spiro atoms. The third-order valence-corrected chi connectivity index (χ3v) is 2.47. The van der Waals surface area contributed by atoms with Gasteiger partial charge in [-0.2, -0.15) is 13.2 Å². The number of rotatable bonds is 2. The van der Waals surface area contributed by atoms with Crippen molar-refractivity contribution in [1.29, 1.82) is 0 Å². The quantitative estimate of drug-likeness (QED) is 0.877. The Morgan fingerprint density at radius 1 is 1.24 bits per heavy atom. The van der Waals surface area contributed by atoms with Crippen LogP contribution in [0.1, 0.15) is 44.9 Å². The molecule has 1 aromatic carbocycles. The molecule has 1 atom stereocenters. The molecule has 0 saturated heterocycles. The summed E-state index contributed by atoms with van der Waals surface area (Å²) in [5, 5.41) is 2.50. The van der Waals surface area contributed by atoms with E-state index in [9.17, 15) is 18.0 Å². The van der Waals surface area contributed by atoms with Crippen LogP contribution in [0, 0.1) is 0 Å². The number of hydrogen-bond acceptors (Lipinski definition) is 3. The Kier molecular flexibility index (Phi) is 4.88. The average molecular weight is 304 g/mol. The number of benzene rings is 1. The Morgan fingerprint density at radius 2 is 1.81 bits per heavy atom. The van der Waals surface area contributed by atoms with Crippen molar-refractivity contribution in [1.82, 2.24) is 5.32 Å². The molecule has 118 valence electrons. The molecule has 1 aromatic rings. The Balaban J connectivity index is 3.07. The van der Waals surface area contributed by atoms with Crippen molar-refractivity contribution in [3.05, 3.63) is 29.3 Å². The maximum atomic E-state index is 12.8. The minimum Gasteiger partial charge on any atom is -0.410 e. The van der Waals surface area contributed by atoms with Crippen LogP contribution in [0.3, 0.4) is 0 Å². The molecule has 4 nitrogen and oxygen atoms in total. The first-order valence-electron chi connectivity index (χ1n) is 6.36. The van der Waals surface area contributed by atoms with Gasteiger partial charge in [0.05, 0.1) is 5.56 Å². The van der Waals surface area contributed by atoms with E-state index >= 15 is 0 Å². The summed E-state index contributed by atoms with van der Waals surface area (Å²) < 4.78 is 43.4. The molecule has 0 bridgehead atoms. The second-order valence-corrected chi connectivity index (χ2v) is 5.84. The van der Waals surface area contributed by atoms with Crippen molar-refractivity contribution in [2.75, 3.05) is 0 Å². The predicted octanol–water partition coefficient (Wildman–Crippen LogP) is 3.61. The van der Waals surface area contributed by atoms with E-state index in [1.54, 1.807) is 27.7 Å². The number of ether oxygens (including phenoxy) is 1. The standard InChI is InChI=1S/C14H19F3N2O2/c1-8(18)9-5-10(14(15,16)17)7-11(6-9)21-12(20)19-13(2,3)4/h5-8H,18H2,1-4H3,(H,19,20)/t8-/m1/s1. The second-order valence-electron chi connectivity index (χ2n) is 5.84. The van der Waals surface area contributed by atoms with Gasteiger partial charge in [0.15, 0.2) is 0 Å². The molecule has 21 heavy (non-hydrogen) atoms. The van der Waals surface area contributed by atoms with Gasteiger partial charge in [-0.3, -0.25) is 0 Å². The third kappa shape index (κ3) is 5.63. The second kappa shape index (κ2) is 5.93. The third-order valence-electron chi connectivity index (χ3n) is 2.47. The van der Waals surface area contributed by atoms with E-state index in [2.05, 4.69) is 5.32 Å². The number of nitrogens with one attached hydrogen (secondary N) is 1. The van der Waals surface area contributed by atoms with Crippen molar-refractivity contribution >= 4 is 6.09 Å². The molecule has 1 amide bonds. The lowest BCUT2D eigenvalue weighted by molar-refractivity contribution is -0.137. The van der Waals surface area contributed by atoms with Gasteiger partial charge in [-0.1, -0.05) is 0 Å². The normalized spacial score (nSPS) is 13.7. The molecule has 0 aliphatic heterocycles. The highest BCUT2D eigenvalue weighted by Gasteiger charge is 2.32. The van der Waals surface area contributed by atoms with Crippen molar-refractivity contribution < 1.29 is 22.7 Å². The molecule has 7 heteroatoms. The SMILES string of the molecule is C[C@@H](N)c1cc(OC(=O)NC(C)(C)C)cc(C(F)(F)F)c1. The van der Waals surface area contributed by atoms with E-state index in [1.165, 1.54) is 6.07 Å². The Bertz CT molecular complexity index is 520. The van der Waals surface area contributed by atoms with Crippen molar-refractivity contribution in [2.24, 2.45) is 5.73 Å². The zero-order valence-electron chi connectivity index (χ0n) is 12.3. The Morgan fingerprint density at radius 3 is 2.24 bits per heavy atom. The first-order valence-corrected chi connectivity index (χ1v) is 6.36. The predicted molar refractivity (Wildman–Crippen MR) is 73.0 cm³/mol. The summed E-state index contributed by atoms with van der Waals surface area (Å²) in [5.74, 6) is -0.195. The first kappa shape index (κ1) is 17.3. The number of alkyl halides is 3. The van der Waals surface area contributed by atoms with Gasteiger partial charge in [0.25, 0.3) is 0 Å². The van der Waals surface area contributed by atoms with Crippen LogP contribution in [-0.4, -0.2) is 11.6 Å². The molecule has 3 N–H and O–H groups in total. The van der Waals surface area contributed by atoms with Crippen molar-refractivity contribution in [3.63, 3.8) is 0 Å². The molecular weight excluding hydrogens is 285 g/mol. The van der Waals surface area contributed by atoms with E-state index in [4.69, 9.17) is 10.5 Å². The zero-order chi connectivity index (χ0) is 16.4. The topological polar surface area (TPSA) is 64.3 Å². The molecule has 1 rings (SSSR count). The van der Waals surface area contributed by atoms with E-state index in [0.717, 1.165) is 12.1 Å². The van der Waals surface area contributed by atoms with Gasteiger partial charge in [-0.05, 0) is 51.5 Å². The molecule has 0 aliphatic carbocycles. The number of carbonyl (C=O) groups excluding carboxylic acids is 1. The minimum atomic E-state index is -4.54. The summed E-state index contributed by atoms with van der Waals surface area (Å²) in [6.45, 7) is 6.74. The number of nitrogens with two attached hydrogens (primary N) is 1. The summed E-state index contributed by atoms with van der Waals surface area (Å²) in [6.07, 6.45) is -5.36. The highest BCUT2D eigenvalue weighted by Crippen LogP contribution is 2.33. The largest absolute Gasteiger partial charge is 0.416 e. The first-order chi connectivity index (χ1) is 9.38. The Labute approximate surface area is 121 Å². The monoisotopic (exact) mass is 304 g/mol. The lowest BCUT2D eigenvalue weighted by Gasteiger charge is -2.20. The summed E-state index contributed by atoms with van der Waals surface area (Å²) in [4.78, 5) is 11.6. The number of halogens is 3. The maximum Gasteiger partial charge on any atom is 0.416 e. The van der Waals surface area contributed by atoms with E-state index < -0.39 is 29.4 Å². The molecule has 0 fully saturated rings. The summed E-state index contributed by atoms with van der Waals surface area (Å²) in [5.41, 5.74) is 4.38. The van der Waals surface area contributed by atoms with Crippen LogP contribution in [0.25, 0.3) is 0 Å². The van der Waals surface area contributed by atoms with Gasteiger partial charge in [-0.25, -0.2) is 4.79 Å². The van der Waals surface area contributed by atoms with Crippen molar-refractivity contribution in [2.45, 2.75) is 45.5 Å². The number of carbonyl (C=O) groups is 1. The lowest BCUT2D eigenvalue weighted by atomic mass is 10.0. The summed E-state index contributed by atoms with van der Waals surface area (Å²) >= 11 is 0. The van der Waals surface area contributed by atoms with Gasteiger partial charge in [0.2, 0.25) is 0 Å². The van der Waals surface area contributed by atoms with Crippen LogP contribution in [0.15, 0.2) is 18.2 Å². The molecule has 0 saturated carbocycles. The zero-order valence-corrected chi connectivity index (χ0v) is 12.3. The van der Waals surface area contributed by atoms with Crippen molar-refractivity contribution in [3.8, 4) is 5.75 Å². The van der Waals surface area contributed by atoms with Crippen LogP contribution in [-0.2, 0) is 6.18 Å². The summed E-state index contributed by atoms with van der Waals surface area (Å²) in [6, 6.07) is 2.43. The molecule has 0 unspecified atom stereocenters. The number of hydrogen-bond donors (Lipinski definition) is 2. The molecule has 0 radical (unpaired) electrons. The van der Waals surface area contributed by atoms with Gasteiger partial charge in [-0.15, -0.1) is 0 Å². The van der Waals surface area contributed by atoms with Crippen LogP contribution >= 0.6 is 0 Å². The van der Waals surface area contributed by atoms with Crippen LogP contribution in [0.2, 0.25) is 0 Å². The van der Waals surface area contributed by atoms with Crippen LogP contribution in [0.5, 0.6) is 5.75 Å². The average Bonchev–Trinajstić information content (AvgIpc) is 2.24. The fourth-order valence-corrected chi connectivity index (χ4v) is 1.55. The molecular formula is C14H19F3N2O2. The van der Waals surface area contributed by atoms with Gasteiger partial charge in [0.1, 0.15) is 5.75 Å². The van der Waals surface area contributed by atoms with Crippen LogP contribution in [0.4, 0.5) is 18.0 Å². The highest BCUT2D eigenvalue weighted by atomic mass is 19.4. The molecule has 0 heterocycles. The fourth-order valence-electron chi connectivity index (χ4n) is 1.55. The van der Waals surface area contributed by atoms with Gasteiger partial charge in [0, 0.05) is 11.6 Å². The lowest BCUT2D eigenvalue weighted by Crippen LogP contribution is -2.42. The van der Waals surface area contributed by atoms with E-state index in [1.807, 2.05) is 0 Å². The number of amides is 1. The van der Waals surface area contributed by atoms with Crippen LogP contribution < -0.4 is 15.8 Å². The molecule has 0 aromatic heterocycles. The smallest absolute Gasteiger partial charge is 0.410 e. The minimum absolute atomic E-state index is 0.195. The maximum absolute atomic E-state index is 12.8. The van der Waals surface area contributed by atoms with E-state index in [0.29, 0.717) is 0 Å². The van der Waals surface area contributed by atoms with Gasteiger partial charge < -0.3 is 15.8 Å². The van der Waals surface area contributed by atoms with Gasteiger partial charge >= 0.3 is 12.3 Å². The highest BCUT2D eigenvalue weighted by molar-refractivity contribution is 5.71. The Hall–Kier alpha value is -1.76. The summed E-state index contributed by atoms with van der Waals surface area (Å²) in [7, 11) is 0. The fraction of sp³-hybridized carbons (Fsp3) is 0.500. The molecule has 0 aliphatic rings.